The summed E-state index contributed by atoms with van der Waals surface area (Å²) in [6.45, 7) is 3.01. The molecule has 4 aromatic rings. The summed E-state index contributed by atoms with van der Waals surface area (Å²) in [5, 5.41) is 25.1. The minimum atomic E-state index is -4.54. The Morgan fingerprint density at radius 3 is 2.40 bits per heavy atom. The number of phenols is 2. The van der Waals surface area contributed by atoms with Crippen LogP contribution in [0.2, 0.25) is 0 Å². The number of fused-ring (bicyclic) bond motifs is 1. The van der Waals surface area contributed by atoms with Crippen LogP contribution >= 0.6 is 0 Å². The number of carbonyl (C=O) groups is 1. The lowest BCUT2D eigenvalue weighted by molar-refractivity contribution is -0.141. The molecule has 0 fully saturated rings. The van der Waals surface area contributed by atoms with Crippen molar-refractivity contribution in [2.24, 2.45) is 0 Å². The van der Waals surface area contributed by atoms with Crippen LogP contribution in [-0.4, -0.2) is 23.3 Å². The van der Waals surface area contributed by atoms with Crippen molar-refractivity contribution < 1.29 is 37.7 Å². The van der Waals surface area contributed by atoms with Crippen molar-refractivity contribution in [3.05, 3.63) is 118 Å². The second-order valence-corrected chi connectivity index (χ2v) is 10.2. The predicted molar refractivity (Wildman–Crippen MR) is 152 cm³/mol. The molecule has 3 N–H and O–H groups in total. The second kappa shape index (κ2) is 10.8. The Morgan fingerprint density at radius 1 is 0.952 bits per heavy atom. The minimum Gasteiger partial charge on any atom is -0.508 e. The molecule has 0 aliphatic carbocycles. The number of methoxy groups -OCH3 is 1. The van der Waals surface area contributed by atoms with Gasteiger partial charge in [-0.25, -0.2) is 4.79 Å². The van der Waals surface area contributed by atoms with E-state index in [-0.39, 0.29) is 22.6 Å². The molecule has 9 heteroatoms. The Labute approximate surface area is 240 Å². The van der Waals surface area contributed by atoms with E-state index < -0.39 is 29.7 Å². The summed E-state index contributed by atoms with van der Waals surface area (Å²) in [6.07, 6.45) is -4.54. The highest BCUT2D eigenvalue weighted by Crippen LogP contribution is 2.52. The first-order valence-electron chi connectivity index (χ1n) is 13.1. The lowest BCUT2D eigenvalue weighted by atomic mass is 9.67. The van der Waals surface area contributed by atoms with E-state index in [9.17, 15) is 28.2 Å². The Balaban J connectivity index is 1.60. The third-order valence-electron chi connectivity index (χ3n) is 7.48. The first kappa shape index (κ1) is 28.6. The van der Waals surface area contributed by atoms with Crippen LogP contribution in [0.5, 0.6) is 17.2 Å². The number of hydrogen-bond acceptors (Lipinski definition) is 6. The highest BCUT2D eigenvalue weighted by Gasteiger charge is 2.46. The van der Waals surface area contributed by atoms with Crippen LogP contribution in [0.25, 0.3) is 11.1 Å². The zero-order chi connectivity index (χ0) is 30.2. The Kier molecular flexibility index (Phi) is 7.36. The summed E-state index contributed by atoms with van der Waals surface area (Å²) >= 11 is 0. The standard InChI is InChI=1S/C33H28F3NO5/c1-19-29(31(40)42-18-20-8-6-10-23(14-20)33(34,35)36)32(2,22-9-7-11-24(38)17-22)30-26(37-19)15-21(16-27(30)39)25-12-4-5-13-28(25)41-3/h4-17,37-39H,18H2,1-3H3/t32-/m0/s1. The number of carbonyl (C=O) groups excluding carboxylic acids is 1. The number of rotatable bonds is 6. The average Bonchev–Trinajstić information content (AvgIpc) is 2.95. The lowest BCUT2D eigenvalue weighted by Crippen LogP contribution is -2.37. The van der Waals surface area contributed by atoms with Gasteiger partial charge in [-0.2, -0.15) is 13.2 Å². The van der Waals surface area contributed by atoms with Crippen molar-refractivity contribution in [3.8, 4) is 28.4 Å². The molecule has 1 aliphatic heterocycles. The lowest BCUT2D eigenvalue weighted by Gasteiger charge is -2.39. The van der Waals surface area contributed by atoms with Gasteiger partial charge in [0.1, 0.15) is 23.9 Å². The quantitative estimate of drug-likeness (QED) is 0.206. The van der Waals surface area contributed by atoms with Crippen molar-refractivity contribution in [2.45, 2.75) is 32.0 Å². The van der Waals surface area contributed by atoms with Crippen LogP contribution in [0.15, 0.2) is 96.2 Å². The molecular formula is C33H28F3NO5. The third kappa shape index (κ3) is 5.13. The van der Waals surface area contributed by atoms with E-state index in [0.29, 0.717) is 33.8 Å². The third-order valence-corrected chi connectivity index (χ3v) is 7.48. The average molecular weight is 576 g/mol. The number of aromatic hydroxyl groups is 2. The normalized spacial score (nSPS) is 16.4. The molecule has 0 unspecified atom stereocenters. The molecule has 1 atom stereocenters. The zero-order valence-electron chi connectivity index (χ0n) is 23.0. The Morgan fingerprint density at radius 2 is 1.69 bits per heavy atom. The SMILES string of the molecule is COc1ccccc1-c1cc(O)c2c(c1)NC(C)=C(C(=O)OCc1cccc(C(F)(F)F)c1)[C@]2(C)c1cccc(O)c1. The summed E-state index contributed by atoms with van der Waals surface area (Å²) in [7, 11) is 1.55. The van der Waals surface area contributed by atoms with E-state index in [2.05, 4.69) is 5.32 Å². The van der Waals surface area contributed by atoms with Crippen molar-refractivity contribution in [1.29, 1.82) is 0 Å². The van der Waals surface area contributed by atoms with Crippen LogP contribution < -0.4 is 10.1 Å². The van der Waals surface area contributed by atoms with Gasteiger partial charge < -0.3 is 25.0 Å². The molecular weight excluding hydrogens is 547 g/mol. The maximum absolute atomic E-state index is 13.7. The van der Waals surface area contributed by atoms with Gasteiger partial charge in [0.15, 0.2) is 0 Å². The molecule has 0 amide bonds. The van der Waals surface area contributed by atoms with Gasteiger partial charge in [-0.15, -0.1) is 0 Å². The highest BCUT2D eigenvalue weighted by molar-refractivity contribution is 5.97. The molecule has 0 bridgehead atoms. The monoisotopic (exact) mass is 575 g/mol. The summed E-state index contributed by atoms with van der Waals surface area (Å²) < 4.78 is 50.7. The number of nitrogens with one attached hydrogen (secondary N) is 1. The van der Waals surface area contributed by atoms with Crippen molar-refractivity contribution in [2.75, 3.05) is 12.4 Å². The highest BCUT2D eigenvalue weighted by atomic mass is 19.4. The van der Waals surface area contributed by atoms with E-state index in [1.807, 2.05) is 24.3 Å². The predicted octanol–water partition coefficient (Wildman–Crippen LogP) is 7.54. The van der Waals surface area contributed by atoms with Crippen LogP contribution in [0.3, 0.4) is 0 Å². The van der Waals surface area contributed by atoms with Gasteiger partial charge in [-0.3, -0.25) is 0 Å². The number of phenolic OH excluding ortho intramolecular Hbond substituents is 2. The molecule has 4 aromatic carbocycles. The number of esters is 1. The summed E-state index contributed by atoms with van der Waals surface area (Å²) in [4.78, 5) is 13.7. The van der Waals surface area contributed by atoms with Gasteiger partial charge in [0, 0.05) is 22.5 Å². The Bertz CT molecular complexity index is 1710. The van der Waals surface area contributed by atoms with Gasteiger partial charge >= 0.3 is 12.1 Å². The van der Waals surface area contributed by atoms with E-state index in [0.717, 1.165) is 17.7 Å². The molecule has 0 spiro atoms. The van der Waals surface area contributed by atoms with Gasteiger partial charge in [0.05, 0.1) is 23.7 Å². The first-order valence-corrected chi connectivity index (χ1v) is 13.1. The second-order valence-electron chi connectivity index (χ2n) is 10.2. The number of benzene rings is 4. The molecule has 6 nitrogen and oxygen atoms in total. The largest absolute Gasteiger partial charge is 0.508 e. The summed E-state index contributed by atoms with van der Waals surface area (Å²) in [6, 6.07) is 21.7. The van der Waals surface area contributed by atoms with Crippen LogP contribution in [0, 0.1) is 0 Å². The number of ether oxygens (including phenoxy) is 2. The van der Waals surface area contributed by atoms with Crippen molar-refractivity contribution >= 4 is 11.7 Å². The van der Waals surface area contributed by atoms with Gasteiger partial charge in [-0.1, -0.05) is 42.5 Å². The molecule has 5 rings (SSSR count). The summed E-state index contributed by atoms with van der Waals surface area (Å²) in [5.74, 6) is -0.354. The fourth-order valence-corrected chi connectivity index (χ4v) is 5.58. The fraction of sp³-hybridized carbons (Fsp3) is 0.182. The smallest absolute Gasteiger partial charge is 0.416 e. The number of para-hydroxylation sites is 1. The molecule has 1 aliphatic rings. The number of hydrogen-bond donors (Lipinski definition) is 3. The molecule has 216 valence electrons. The van der Waals surface area contributed by atoms with Crippen LogP contribution in [-0.2, 0) is 27.7 Å². The molecule has 0 aromatic heterocycles. The first-order chi connectivity index (χ1) is 19.9. The topological polar surface area (TPSA) is 88.0 Å². The molecule has 0 radical (unpaired) electrons. The molecule has 0 saturated heterocycles. The Hall–Kier alpha value is -4.92. The maximum atomic E-state index is 13.7. The van der Waals surface area contributed by atoms with Gasteiger partial charge in [0.2, 0.25) is 0 Å². The minimum absolute atomic E-state index is 0.0479. The van der Waals surface area contributed by atoms with E-state index in [1.165, 1.54) is 24.3 Å². The van der Waals surface area contributed by atoms with Crippen LogP contribution in [0.4, 0.5) is 18.9 Å². The number of allylic oxidation sites excluding steroid dienone is 1. The van der Waals surface area contributed by atoms with E-state index in [1.54, 1.807) is 45.2 Å². The van der Waals surface area contributed by atoms with Gasteiger partial charge in [-0.05, 0) is 73.0 Å². The van der Waals surface area contributed by atoms with Crippen molar-refractivity contribution in [1.82, 2.24) is 0 Å². The van der Waals surface area contributed by atoms with Crippen molar-refractivity contribution in [3.63, 3.8) is 0 Å². The summed E-state index contributed by atoms with van der Waals surface area (Å²) in [5.41, 5.74) is 1.34. The van der Waals surface area contributed by atoms with Crippen LogP contribution in [0.1, 0.15) is 36.1 Å². The number of anilines is 1. The molecule has 0 saturated carbocycles. The fourth-order valence-electron chi connectivity index (χ4n) is 5.58. The van der Waals surface area contributed by atoms with E-state index >= 15 is 0 Å². The number of alkyl halides is 3. The zero-order valence-corrected chi connectivity index (χ0v) is 23.0. The molecule has 42 heavy (non-hydrogen) atoms. The molecule has 1 heterocycles. The number of halogens is 3. The van der Waals surface area contributed by atoms with Gasteiger partial charge in [0.25, 0.3) is 0 Å². The maximum Gasteiger partial charge on any atom is 0.416 e. The van der Waals surface area contributed by atoms with E-state index in [4.69, 9.17) is 9.47 Å².